The summed E-state index contributed by atoms with van der Waals surface area (Å²) in [5.74, 6) is 0.583. The van der Waals surface area contributed by atoms with E-state index in [4.69, 9.17) is 5.11 Å². The van der Waals surface area contributed by atoms with Crippen molar-refractivity contribution in [3.63, 3.8) is 0 Å². The number of carboxylic acids is 1. The minimum atomic E-state index is -0.782. The maximum atomic E-state index is 10.4. The van der Waals surface area contributed by atoms with Crippen molar-refractivity contribution in [1.29, 1.82) is 0 Å². The van der Waals surface area contributed by atoms with Crippen molar-refractivity contribution in [1.82, 2.24) is 5.32 Å². The van der Waals surface area contributed by atoms with Gasteiger partial charge in [0.25, 0.3) is 0 Å². The molecule has 1 atom stereocenters. The van der Waals surface area contributed by atoms with Crippen LogP contribution in [0.4, 0.5) is 0 Å². The Morgan fingerprint density at radius 2 is 2.18 bits per heavy atom. The molecule has 4 heteroatoms. The molecular formula is C13H16N2O2. The highest BCUT2D eigenvalue weighted by Crippen LogP contribution is 2.24. The molecule has 0 radical (unpaired) electrons. The van der Waals surface area contributed by atoms with Gasteiger partial charge in [-0.15, -0.1) is 0 Å². The van der Waals surface area contributed by atoms with Crippen LogP contribution in [0.3, 0.4) is 0 Å². The van der Waals surface area contributed by atoms with Gasteiger partial charge in [-0.2, -0.15) is 0 Å². The molecule has 0 fully saturated rings. The smallest absolute Gasteiger partial charge is 0.305 e. The van der Waals surface area contributed by atoms with Gasteiger partial charge < -0.3 is 10.4 Å². The molecule has 17 heavy (non-hydrogen) atoms. The lowest BCUT2D eigenvalue weighted by Gasteiger charge is -2.09. The van der Waals surface area contributed by atoms with Crippen LogP contribution in [0.15, 0.2) is 35.3 Å². The van der Waals surface area contributed by atoms with Gasteiger partial charge in [-0.25, -0.2) is 0 Å². The fourth-order valence-electron chi connectivity index (χ4n) is 1.97. The standard InChI is InChI=1S/C13H16N2O2/c16-13(17)6-7-14-12-8-11(9-15-12)10-4-2-1-3-5-10/h1-5,11H,6-9H2,(H,14,15)(H,16,17). The summed E-state index contributed by atoms with van der Waals surface area (Å²) in [6.45, 7) is 1.25. The molecule has 2 N–H and O–H groups in total. The predicted octanol–water partition coefficient (Wildman–Crippen LogP) is 1.64. The van der Waals surface area contributed by atoms with Crippen LogP contribution in [0, 0.1) is 0 Å². The van der Waals surface area contributed by atoms with Gasteiger partial charge in [-0.3, -0.25) is 9.79 Å². The number of hydrogen-bond acceptors (Lipinski definition) is 3. The van der Waals surface area contributed by atoms with E-state index in [9.17, 15) is 4.79 Å². The zero-order valence-corrected chi connectivity index (χ0v) is 9.60. The number of amidine groups is 1. The predicted molar refractivity (Wildman–Crippen MR) is 66.4 cm³/mol. The van der Waals surface area contributed by atoms with Crippen molar-refractivity contribution >= 4 is 11.8 Å². The van der Waals surface area contributed by atoms with Crippen molar-refractivity contribution in [2.75, 3.05) is 13.1 Å². The minimum absolute atomic E-state index is 0.134. The molecule has 0 spiro atoms. The van der Waals surface area contributed by atoms with Crippen molar-refractivity contribution in [3.8, 4) is 0 Å². The Bertz CT molecular complexity index is 415. The average molecular weight is 232 g/mol. The lowest BCUT2D eigenvalue weighted by atomic mass is 9.97. The number of carboxylic acid groups (broad SMARTS) is 1. The first-order valence-corrected chi connectivity index (χ1v) is 5.79. The molecule has 2 rings (SSSR count). The second-order valence-corrected chi connectivity index (χ2v) is 4.17. The van der Waals surface area contributed by atoms with Gasteiger partial charge in [0.1, 0.15) is 0 Å². The van der Waals surface area contributed by atoms with Gasteiger partial charge in [0.15, 0.2) is 0 Å². The Balaban J connectivity index is 1.81. The summed E-state index contributed by atoms with van der Waals surface area (Å²) >= 11 is 0. The summed E-state index contributed by atoms with van der Waals surface area (Å²) in [6, 6.07) is 10.3. The lowest BCUT2D eigenvalue weighted by Crippen LogP contribution is -2.24. The molecule has 1 heterocycles. The zero-order chi connectivity index (χ0) is 12.1. The first kappa shape index (κ1) is 11.6. The highest BCUT2D eigenvalue weighted by Gasteiger charge is 2.19. The number of rotatable bonds is 4. The summed E-state index contributed by atoms with van der Waals surface area (Å²) in [7, 11) is 0. The highest BCUT2D eigenvalue weighted by atomic mass is 16.4. The SMILES string of the molecule is O=C(O)CCNC1=NCC(c2ccccc2)C1. The van der Waals surface area contributed by atoms with Crippen LogP contribution >= 0.6 is 0 Å². The Labute approximate surface area is 100 Å². The Kier molecular flexibility index (Phi) is 3.75. The third-order valence-electron chi connectivity index (χ3n) is 2.88. The van der Waals surface area contributed by atoms with Gasteiger partial charge in [0.05, 0.1) is 12.3 Å². The minimum Gasteiger partial charge on any atom is -0.481 e. The summed E-state index contributed by atoms with van der Waals surface area (Å²) in [4.78, 5) is 14.8. The first-order chi connectivity index (χ1) is 8.25. The Hall–Kier alpha value is -1.84. The van der Waals surface area contributed by atoms with Gasteiger partial charge in [-0.05, 0) is 5.56 Å². The molecule has 0 aromatic heterocycles. The fourth-order valence-corrected chi connectivity index (χ4v) is 1.97. The third-order valence-corrected chi connectivity index (χ3v) is 2.88. The van der Waals surface area contributed by atoms with Crippen LogP contribution in [0.2, 0.25) is 0 Å². The lowest BCUT2D eigenvalue weighted by molar-refractivity contribution is -0.136. The van der Waals surface area contributed by atoms with Crippen molar-refractivity contribution < 1.29 is 9.90 Å². The quantitative estimate of drug-likeness (QED) is 0.829. The third kappa shape index (κ3) is 3.31. The molecule has 1 aliphatic heterocycles. The number of nitrogens with zero attached hydrogens (tertiary/aromatic N) is 1. The molecule has 1 aromatic rings. The van der Waals surface area contributed by atoms with Crippen LogP contribution in [-0.4, -0.2) is 30.0 Å². The van der Waals surface area contributed by atoms with E-state index in [1.54, 1.807) is 0 Å². The van der Waals surface area contributed by atoms with Gasteiger partial charge >= 0.3 is 5.97 Å². The van der Waals surface area contributed by atoms with Gasteiger partial charge in [-0.1, -0.05) is 30.3 Å². The van der Waals surface area contributed by atoms with Crippen molar-refractivity contribution in [2.45, 2.75) is 18.8 Å². The molecule has 4 nitrogen and oxygen atoms in total. The molecule has 0 aliphatic carbocycles. The second-order valence-electron chi connectivity index (χ2n) is 4.17. The molecule has 1 aromatic carbocycles. The number of carbonyl (C=O) groups is 1. The van der Waals surface area contributed by atoms with Crippen LogP contribution in [-0.2, 0) is 4.79 Å². The van der Waals surface area contributed by atoms with Gasteiger partial charge in [0.2, 0.25) is 0 Å². The highest BCUT2D eigenvalue weighted by molar-refractivity contribution is 5.85. The van der Waals surface area contributed by atoms with Crippen LogP contribution in [0.1, 0.15) is 24.3 Å². The summed E-state index contributed by atoms with van der Waals surface area (Å²) in [5, 5.41) is 11.6. The molecule has 90 valence electrons. The first-order valence-electron chi connectivity index (χ1n) is 5.79. The van der Waals surface area contributed by atoms with Crippen LogP contribution in [0.25, 0.3) is 0 Å². The van der Waals surface area contributed by atoms with E-state index in [1.807, 2.05) is 18.2 Å². The monoisotopic (exact) mass is 232 g/mol. The number of benzene rings is 1. The number of aliphatic carboxylic acids is 1. The molecule has 1 aliphatic rings. The number of aliphatic imine (C=N–C) groups is 1. The number of hydrogen-bond donors (Lipinski definition) is 2. The maximum Gasteiger partial charge on any atom is 0.305 e. The van der Waals surface area contributed by atoms with E-state index in [-0.39, 0.29) is 6.42 Å². The zero-order valence-electron chi connectivity index (χ0n) is 9.60. The van der Waals surface area contributed by atoms with E-state index in [2.05, 4.69) is 22.4 Å². The van der Waals surface area contributed by atoms with E-state index in [0.29, 0.717) is 12.5 Å². The van der Waals surface area contributed by atoms with Crippen molar-refractivity contribution in [3.05, 3.63) is 35.9 Å². The Morgan fingerprint density at radius 1 is 1.41 bits per heavy atom. The summed E-state index contributed by atoms with van der Waals surface area (Å²) in [5.41, 5.74) is 1.30. The number of nitrogens with one attached hydrogen (secondary N) is 1. The summed E-state index contributed by atoms with van der Waals surface area (Å²) in [6.07, 6.45) is 1.01. The topological polar surface area (TPSA) is 61.7 Å². The molecule has 1 unspecified atom stereocenters. The fraction of sp³-hybridized carbons (Fsp3) is 0.385. The molecule has 0 amide bonds. The van der Waals surface area contributed by atoms with Gasteiger partial charge in [0, 0.05) is 25.4 Å². The normalized spacial score (nSPS) is 18.8. The van der Waals surface area contributed by atoms with E-state index >= 15 is 0 Å². The second kappa shape index (κ2) is 5.48. The Morgan fingerprint density at radius 3 is 2.88 bits per heavy atom. The average Bonchev–Trinajstić information content (AvgIpc) is 2.78. The summed E-state index contributed by atoms with van der Waals surface area (Å²) < 4.78 is 0. The largest absolute Gasteiger partial charge is 0.481 e. The molecule has 0 saturated heterocycles. The van der Waals surface area contributed by atoms with E-state index in [0.717, 1.165) is 18.8 Å². The van der Waals surface area contributed by atoms with E-state index in [1.165, 1.54) is 5.56 Å². The molecule has 0 bridgehead atoms. The molecule has 0 saturated carbocycles. The van der Waals surface area contributed by atoms with E-state index < -0.39 is 5.97 Å². The van der Waals surface area contributed by atoms with Crippen LogP contribution < -0.4 is 5.32 Å². The van der Waals surface area contributed by atoms with Crippen molar-refractivity contribution in [2.24, 2.45) is 4.99 Å². The molecular weight excluding hydrogens is 216 g/mol. The maximum absolute atomic E-state index is 10.4. The van der Waals surface area contributed by atoms with Crippen LogP contribution in [0.5, 0.6) is 0 Å².